The highest BCUT2D eigenvalue weighted by molar-refractivity contribution is 5.68. The maximum atomic E-state index is 11.7. The van der Waals surface area contributed by atoms with E-state index >= 15 is 0 Å². The summed E-state index contributed by atoms with van der Waals surface area (Å²) < 4.78 is 5.24. The van der Waals surface area contributed by atoms with E-state index in [-0.39, 0.29) is 12.1 Å². The Balaban J connectivity index is 2.20. The summed E-state index contributed by atoms with van der Waals surface area (Å²) in [5.74, 6) is 0. The minimum absolute atomic E-state index is 0.0361. The first-order valence-corrected chi connectivity index (χ1v) is 8.03. The van der Waals surface area contributed by atoms with Gasteiger partial charge in [-0.05, 0) is 53.0 Å². The molecule has 0 heterocycles. The van der Waals surface area contributed by atoms with Gasteiger partial charge in [0.15, 0.2) is 0 Å². The Bertz CT molecular complexity index is 440. The summed E-state index contributed by atoms with van der Waals surface area (Å²) in [7, 11) is 0. The number of nitrogens with one attached hydrogen (secondary N) is 2. The molecule has 22 heavy (non-hydrogen) atoms. The van der Waals surface area contributed by atoms with E-state index in [2.05, 4.69) is 41.8 Å². The van der Waals surface area contributed by atoms with Crippen molar-refractivity contribution >= 4 is 6.09 Å². The maximum Gasteiger partial charge on any atom is 0.407 e. The van der Waals surface area contributed by atoms with Gasteiger partial charge < -0.3 is 15.4 Å². The van der Waals surface area contributed by atoms with Crippen molar-refractivity contribution in [2.75, 3.05) is 6.54 Å². The van der Waals surface area contributed by atoms with Crippen molar-refractivity contribution in [2.24, 2.45) is 0 Å². The molecule has 0 aliphatic heterocycles. The van der Waals surface area contributed by atoms with E-state index in [1.54, 1.807) is 0 Å². The Morgan fingerprint density at radius 1 is 1.14 bits per heavy atom. The van der Waals surface area contributed by atoms with Crippen molar-refractivity contribution < 1.29 is 9.53 Å². The van der Waals surface area contributed by atoms with E-state index in [0.29, 0.717) is 6.04 Å². The topological polar surface area (TPSA) is 50.4 Å². The first-order chi connectivity index (χ1) is 10.3. The minimum Gasteiger partial charge on any atom is -0.444 e. The Morgan fingerprint density at radius 2 is 1.77 bits per heavy atom. The third-order valence-corrected chi connectivity index (χ3v) is 3.24. The minimum atomic E-state index is -0.458. The summed E-state index contributed by atoms with van der Waals surface area (Å²) in [6.07, 6.45) is 1.77. The van der Waals surface area contributed by atoms with E-state index in [9.17, 15) is 4.79 Å². The Kier molecular flexibility index (Phi) is 7.39. The third kappa shape index (κ3) is 8.67. The average Bonchev–Trinajstić information content (AvgIpc) is 2.42. The molecule has 0 bridgehead atoms. The molecule has 2 unspecified atom stereocenters. The van der Waals surface area contributed by atoms with E-state index in [4.69, 9.17) is 4.74 Å². The van der Waals surface area contributed by atoms with Crippen molar-refractivity contribution in [3.8, 4) is 0 Å². The van der Waals surface area contributed by atoms with Crippen LogP contribution in [0.25, 0.3) is 0 Å². The molecule has 4 heteroatoms. The van der Waals surface area contributed by atoms with Gasteiger partial charge in [0.25, 0.3) is 0 Å². The first kappa shape index (κ1) is 18.5. The Labute approximate surface area is 134 Å². The zero-order valence-corrected chi connectivity index (χ0v) is 14.5. The van der Waals surface area contributed by atoms with Crippen LogP contribution in [0.4, 0.5) is 4.79 Å². The molecule has 0 aliphatic rings. The van der Waals surface area contributed by atoms with Gasteiger partial charge in [-0.3, -0.25) is 0 Å². The number of carbonyl (C=O) groups is 1. The van der Waals surface area contributed by atoms with Crippen LogP contribution in [0, 0.1) is 0 Å². The number of benzene rings is 1. The second kappa shape index (κ2) is 8.79. The molecule has 0 saturated heterocycles. The summed E-state index contributed by atoms with van der Waals surface area (Å²) in [5.41, 5.74) is 0.899. The van der Waals surface area contributed by atoms with Crippen molar-refractivity contribution in [2.45, 2.75) is 65.1 Å². The van der Waals surface area contributed by atoms with Crippen LogP contribution >= 0.6 is 0 Å². The molecule has 2 N–H and O–H groups in total. The summed E-state index contributed by atoms with van der Waals surface area (Å²) >= 11 is 0. The quantitative estimate of drug-likeness (QED) is 0.810. The maximum absolute atomic E-state index is 11.7. The number of amides is 1. The molecule has 0 spiro atoms. The van der Waals surface area contributed by atoms with Crippen LogP contribution in [0.1, 0.15) is 46.6 Å². The molecule has 1 amide bonds. The van der Waals surface area contributed by atoms with Gasteiger partial charge in [-0.15, -0.1) is 0 Å². The van der Waals surface area contributed by atoms with Crippen LogP contribution < -0.4 is 10.6 Å². The molecule has 0 fully saturated rings. The van der Waals surface area contributed by atoms with Crippen LogP contribution in [0.5, 0.6) is 0 Å². The highest BCUT2D eigenvalue weighted by Gasteiger charge is 2.17. The molecule has 0 radical (unpaired) electrons. The number of ether oxygens (including phenoxy) is 1. The summed E-state index contributed by atoms with van der Waals surface area (Å²) in [6.45, 7) is 10.5. The SMILES string of the molecule is CC(CCc1ccccc1)NCC(C)NC(=O)OC(C)(C)C. The molecular weight excluding hydrogens is 276 g/mol. The van der Waals surface area contributed by atoms with Crippen molar-refractivity contribution in [3.63, 3.8) is 0 Å². The zero-order chi connectivity index (χ0) is 16.6. The second-order valence-corrected chi connectivity index (χ2v) is 6.88. The number of aryl methyl sites for hydroxylation is 1. The van der Waals surface area contributed by atoms with E-state index in [1.807, 2.05) is 33.8 Å². The Hall–Kier alpha value is -1.55. The smallest absolute Gasteiger partial charge is 0.407 e. The highest BCUT2D eigenvalue weighted by Crippen LogP contribution is 2.07. The lowest BCUT2D eigenvalue weighted by Gasteiger charge is -2.23. The third-order valence-electron chi connectivity index (χ3n) is 3.24. The zero-order valence-electron chi connectivity index (χ0n) is 14.5. The number of hydrogen-bond acceptors (Lipinski definition) is 3. The number of carbonyl (C=O) groups excluding carboxylic acids is 1. The number of rotatable bonds is 7. The summed E-state index contributed by atoms with van der Waals surface area (Å²) in [5, 5.41) is 6.29. The van der Waals surface area contributed by atoms with Crippen LogP contribution in [-0.4, -0.2) is 30.3 Å². The average molecular weight is 306 g/mol. The number of alkyl carbamates (subject to hydrolysis) is 1. The molecule has 1 aromatic rings. The van der Waals surface area contributed by atoms with Crippen molar-refractivity contribution in [3.05, 3.63) is 35.9 Å². The molecule has 124 valence electrons. The van der Waals surface area contributed by atoms with Gasteiger partial charge in [-0.25, -0.2) is 4.79 Å². The molecule has 0 saturated carbocycles. The van der Waals surface area contributed by atoms with Gasteiger partial charge in [0, 0.05) is 18.6 Å². The van der Waals surface area contributed by atoms with Crippen molar-refractivity contribution in [1.29, 1.82) is 0 Å². The lowest BCUT2D eigenvalue weighted by Crippen LogP contribution is -2.44. The predicted octanol–water partition coefficient (Wildman–Crippen LogP) is 3.51. The fourth-order valence-electron chi connectivity index (χ4n) is 2.07. The van der Waals surface area contributed by atoms with Gasteiger partial charge in [0.1, 0.15) is 5.60 Å². The lowest BCUT2D eigenvalue weighted by atomic mass is 10.1. The number of hydrogen-bond donors (Lipinski definition) is 2. The molecule has 1 rings (SSSR count). The highest BCUT2D eigenvalue weighted by atomic mass is 16.6. The fraction of sp³-hybridized carbons (Fsp3) is 0.611. The normalized spacial score (nSPS) is 14.2. The first-order valence-electron chi connectivity index (χ1n) is 8.03. The molecule has 1 aromatic carbocycles. The summed E-state index contributed by atoms with van der Waals surface area (Å²) in [4.78, 5) is 11.7. The van der Waals surface area contributed by atoms with Gasteiger partial charge in [0.05, 0.1) is 0 Å². The Morgan fingerprint density at radius 3 is 2.36 bits per heavy atom. The molecular formula is C18H30N2O2. The van der Waals surface area contributed by atoms with Gasteiger partial charge in [-0.1, -0.05) is 30.3 Å². The van der Waals surface area contributed by atoms with E-state index in [0.717, 1.165) is 19.4 Å². The van der Waals surface area contributed by atoms with Crippen LogP contribution in [0.2, 0.25) is 0 Å². The monoisotopic (exact) mass is 306 g/mol. The van der Waals surface area contributed by atoms with E-state index < -0.39 is 5.60 Å². The fourth-order valence-corrected chi connectivity index (χ4v) is 2.07. The summed E-state index contributed by atoms with van der Waals surface area (Å²) in [6, 6.07) is 10.9. The molecule has 2 atom stereocenters. The predicted molar refractivity (Wildman–Crippen MR) is 91.1 cm³/mol. The molecule has 0 aliphatic carbocycles. The van der Waals surface area contributed by atoms with Gasteiger partial charge in [0.2, 0.25) is 0 Å². The molecule has 4 nitrogen and oxygen atoms in total. The van der Waals surface area contributed by atoms with Crippen LogP contribution in [0.3, 0.4) is 0 Å². The second-order valence-electron chi connectivity index (χ2n) is 6.88. The largest absolute Gasteiger partial charge is 0.444 e. The molecule has 0 aromatic heterocycles. The van der Waals surface area contributed by atoms with Crippen LogP contribution in [0.15, 0.2) is 30.3 Å². The van der Waals surface area contributed by atoms with Gasteiger partial charge >= 0.3 is 6.09 Å². The standard InChI is InChI=1S/C18H30N2O2/c1-14(11-12-16-9-7-6-8-10-16)19-13-15(2)20-17(21)22-18(3,4)5/h6-10,14-15,19H,11-13H2,1-5H3,(H,20,21). The van der Waals surface area contributed by atoms with E-state index in [1.165, 1.54) is 5.56 Å². The van der Waals surface area contributed by atoms with Gasteiger partial charge in [-0.2, -0.15) is 0 Å². The lowest BCUT2D eigenvalue weighted by molar-refractivity contribution is 0.0507. The van der Waals surface area contributed by atoms with Crippen LogP contribution in [-0.2, 0) is 11.2 Å². The van der Waals surface area contributed by atoms with Crippen molar-refractivity contribution in [1.82, 2.24) is 10.6 Å².